The first-order chi connectivity index (χ1) is 8.78. The van der Waals surface area contributed by atoms with Crippen LogP contribution in [0.1, 0.15) is 5.56 Å². The maximum absolute atomic E-state index is 12.6. The van der Waals surface area contributed by atoms with Gasteiger partial charge in [0.15, 0.2) is 0 Å². The van der Waals surface area contributed by atoms with Crippen molar-refractivity contribution in [3.63, 3.8) is 0 Å². The number of nitrogens with zero attached hydrogens (tertiary/aromatic N) is 1. The number of halogens is 1. The molecule has 0 amide bonds. The molecule has 0 unspecified atom stereocenters. The number of rotatable bonds is 5. The van der Waals surface area contributed by atoms with Gasteiger partial charge in [-0.2, -0.15) is 0 Å². The van der Waals surface area contributed by atoms with E-state index in [0.717, 1.165) is 18.7 Å². The predicted octanol–water partition coefficient (Wildman–Crippen LogP) is 2.88. The summed E-state index contributed by atoms with van der Waals surface area (Å²) < 4.78 is 17.7. The minimum atomic E-state index is -0.323. The largest absolute Gasteiger partial charge is 0.497 e. The molecule has 0 aliphatic carbocycles. The monoisotopic (exact) mass is 246 g/mol. The highest BCUT2D eigenvalue weighted by atomic mass is 19.1. The van der Waals surface area contributed by atoms with Gasteiger partial charge in [0.1, 0.15) is 17.4 Å². The molecule has 1 heterocycles. The molecule has 0 atom stereocenters. The fourth-order valence-corrected chi connectivity index (χ4v) is 1.61. The molecule has 0 fully saturated rings. The van der Waals surface area contributed by atoms with E-state index < -0.39 is 0 Å². The second-order valence-electron chi connectivity index (χ2n) is 3.89. The average Bonchev–Trinajstić information content (AvgIpc) is 2.42. The molecule has 1 aromatic heterocycles. The summed E-state index contributed by atoms with van der Waals surface area (Å²) in [6, 6.07) is 10.9. The molecule has 1 aromatic carbocycles. The number of ether oxygens (including phenoxy) is 1. The number of hydrogen-bond donors (Lipinski definition) is 1. The van der Waals surface area contributed by atoms with Crippen molar-refractivity contribution in [2.24, 2.45) is 0 Å². The third kappa shape index (κ3) is 3.45. The van der Waals surface area contributed by atoms with Crippen molar-refractivity contribution in [2.75, 3.05) is 19.0 Å². The van der Waals surface area contributed by atoms with Crippen molar-refractivity contribution in [1.29, 1.82) is 0 Å². The molecule has 1 N–H and O–H groups in total. The van der Waals surface area contributed by atoms with Gasteiger partial charge in [-0.05, 0) is 36.2 Å². The van der Waals surface area contributed by atoms with Gasteiger partial charge in [-0.15, -0.1) is 0 Å². The molecule has 0 saturated heterocycles. The van der Waals surface area contributed by atoms with E-state index >= 15 is 0 Å². The molecule has 0 bridgehead atoms. The summed E-state index contributed by atoms with van der Waals surface area (Å²) in [5.74, 6) is 1.22. The van der Waals surface area contributed by atoms with Gasteiger partial charge in [0, 0.05) is 6.54 Å². The Morgan fingerprint density at radius 1 is 1.17 bits per heavy atom. The number of hydrogen-bond acceptors (Lipinski definition) is 3. The third-order valence-electron chi connectivity index (χ3n) is 2.61. The lowest BCUT2D eigenvalue weighted by Gasteiger charge is -2.06. The second kappa shape index (κ2) is 6.00. The summed E-state index contributed by atoms with van der Waals surface area (Å²) in [4.78, 5) is 3.93. The van der Waals surface area contributed by atoms with Crippen LogP contribution in [0.2, 0.25) is 0 Å². The lowest BCUT2D eigenvalue weighted by atomic mass is 10.1. The summed E-state index contributed by atoms with van der Waals surface area (Å²) in [6.45, 7) is 0.755. The number of aromatic nitrogens is 1. The van der Waals surface area contributed by atoms with Crippen molar-refractivity contribution < 1.29 is 9.13 Å². The Labute approximate surface area is 106 Å². The van der Waals surface area contributed by atoms with Gasteiger partial charge in [-0.1, -0.05) is 12.1 Å². The van der Waals surface area contributed by atoms with E-state index in [2.05, 4.69) is 10.3 Å². The number of pyridine rings is 1. The van der Waals surface area contributed by atoms with Crippen LogP contribution in [0.15, 0.2) is 42.6 Å². The van der Waals surface area contributed by atoms with Gasteiger partial charge in [0.2, 0.25) is 0 Å². The first-order valence-corrected chi connectivity index (χ1v) is 5.76. The fourth-order valence-electron chi connectivity index (χ4n) is 1.61. The van der Waals surface area contributed by atoms with Gasteiger partial charge in [0.25, 0.3) is 0 Å². The Kier molecular flexibility index (Phi) is 4.12. The Morgan fingerprint density at radius 2 is 1.94 bits per heavy atom. The molecule has 0 aliphatic rings. The molecule has 3 nitrogen and oxygen atoms in total. The van der Waals surface area contributed by atoms with E-state index in [9.17, 15) is 4.39 Å². The standard InChI is InChI=1S/C14H15FN2O/c1-18-13-5-2-11(3-6-13)8-9-16-14-7-4-12(15)10-17-14/h2-7,10H,8-9H2,1H3,(H,16,17). The van der Waals surface area contributed by atoms with Crippen molar-refractivity contribution in [1.82, 2.24) is 4.98 Å². The molecule has 2 rings (SSSR count). The van der Waals surface area contributed by atoms with E-state index in [4.69, 9.17) is 4.74 Å². The van der Waals surface area contributed by atoms with E-state index in [-0.39, 0.29) is 5.82 Å². The number of methoxy groups -OCH3 is 1. The van der Waals surface area contributed by atoms with Crippen LogP contribution in [0.3, 0.4) is 0 Å². The van der Waals surface area contributed by atoms with Crippen LogP contribution in [0.25, 0.3) is 0 Å². The van der Waals surface area contributed by atoms with Crippen LogP contribution in [0.5, 0.6) is 5.75 Å². The van der Waals surface area contributed by atoms with Crippen molar-refractivity contribution in [3.05, 3.63) is 54.0 Å². The highest BCUT2D eigenvalue weighted by molar-refractivity contribution is 5.34. The predicted molar refractivity (Wildman–Crippen MR) is 69.4 cm³/mol. The van der Waals surface area contributed by atoms with Crippen LogP contribution in [0.4, 0.5) is 10.2 Å². The zero-order valence-electron chi connectivity index (χ0n) is 10.2. The van der Waals surface area contributed by atoms with E-state index in [0.29, 0.717) is 5.82 Å². The van der Waals surface area contributed by atoms with Crippen LogP contribution in [-0.2, 0) is 6.42 Å². The highest BCUT2D eigenvalue weighted by Gasteiger charge is 1.97. The average molecular weight is 246 g/mol. The van der Waals surface area contributed by atoms with Crippen molar-refractivity contribution in [3.8, 4) is 5.75 Å². The quantitative estimate of drug-likeness (QED) is 0.880. The van der Waals surface area contributed by atoms with E-state index in [1.165, 1.54) is 17.8 Å². The first-order valence-electron chi connectivity index (χ1n) is 5.76. The maximum Gasteiger partial charge on any atom is 0.141 e. The Morgan fingerprint density at radius 3 is 2.56 bits per heavy atom. The van der Waals surface area contributed by atoms with Crippen LogP contribution < -0.4 is 10.1 Å². The van der Waals surface area contributed by atoms with E-state index in [1.807, 2.05) is 24.3 Å². The first kappa shape index (κ1) is 12.4. The van der Waals surface area contributed by atoms with Crippen molar-refractivity contribution >= 4 is 5.82 Å². The summed E-state index contributed by atoms with van der Waals surface area (Å²) in [7, 11) is 1.65. The normalized spacial score (nSPS) is 10.1. The Hall–Kier alpha value is -2.10. The maximum atomic E-state index is 12.6. The Bertz CT molecular complexity index is 482. The highest BCUT2D eigenvalue weighted by Crippen LogP contribution is 2.12. The number of nitrogens with one attached hydrogen (secondary N) is 1. The zero-order chi connectivity index (χ0) is 12.8. The molecular formula is C14H15FN2O. The smallest absolute Gasteiger partial charge is 0.141 e. The number of benzene rings is 1. The zero-order valence-corrected chi connectivity index (χ0v) is 10.2. The van der Waals surface area contributed by atoms with Gasteiger partial charge in [-0.3, -0.25) is 0 Å². The second-order valence-corrected chi connectivity index (χ2v) is 3.89. The molecule has 0 aliphatic heterocycles. The minimum Gasteiger partial charge on any atom is -0.497 e. The SMILES string of the molecule is COc1ccc(CCNc2ccc(F)cn2)cc1. The van der Waals surface area contributed by atoms with E-state index in [1.54, 1.807) is 13.2 Å². The Balaban J connectivity index is 1.82. The molecule has 18 heavy (non-hydrogen) atoms. The minimum absolute atomic E-state index is 0.323. The van der Waals surface area contributed by atoms with Crippen LogP contribution in [-0.4, -0.2) is 18.6 Å². The van der Waals surface area contributed by atoms with Crippen molar-refractivity contribution in [2.45, 2.75) is 6.42 Å². The third-order valence-corrected chi connectivity index (χ3v) is 2.61. The van der Waals surface area contributed by atoms with Crippen LogP contribution >= 0.6 is 0 Å². The molecule has 0 saturated carbocycles. The molecule has 0 spiro atoms. The molecule has 0 radical (unpaired) electrons. The fraction of sp³-hybridized carbons (Fsp3) is 0.214. The molecule has 4 heteroatoms. The van der Waals surface area contributed by atoms with Gasteiger partial charge in [0.05, 0.1) is 13.3 Å². The summed E-state index contributed by atoms with van der Waals surface area (Å²) in [5, 5.41) is 3.14. The topological polar surface area (TPSA) is 34.1 Å². The summed E-state index contributed by atoms with van der Waals surface area (Å²) in [6.07, 6.45) is 2.08. The van der Waals surface area contributed by atoms with Gasteiger partial charge >= 0.3 is 0 Å². The molecular weight excluding hydrogens is 231 g/mol. The summed E-state index contributed by atoms with van der Waals surface area (Å²) >= 11 is 0. The molecule has 94 valence electrons. The molecule has 2 aromatic rings. The van der Waals surface area contributed by atoms with Gasteiger partial charge < -0.3 is 10.1 Å². The lowest BCUT2D eigenvalue weighted by molar-refractivity contribution is 0.414. The van der Waals surface area contributed by atoms with Gasteiger partial charge in [-0.25, -0.2) is 9.37 Å². The van der Waals surface area contributed by atoms with Crippen LogP contribution in [0, 0.1) is 5.82 Å². The number of anilines is 1. The summed E-state index contributed by atoms with van der Waals surface area (Å²) in [5.41, 5.74) is 1.21. The lowest BCUT2D eigenvalue weighted by Crippen LogP contribution is -2.06.